The van der Waals surface area contributed by atoms with Crippen LogP contribution in [0.3, 0.4) is 0 Å². The molecule has 0 aromatic carbocycles. The summed E-state index contributed by atoms with van der Waals surface area (Å²) < 4.78 is 4.43. The lowest BCUT2D eigenvalue weighted by Crippen LogP contribution is -1.97. The molecule has 0 N–H and O–H groups in total. The average molecular weight is 175 g/mol. The summed E-state index contributed by atoms with van der Waals surface area (Å²) in [5.74, 6) is 5.08. The van der Waals surface area contributed by atoms with Gasteiger partial charge >= 0.3 is 5.97 Å². The van der Waals surface area contributed by atoms with E-state index in [1.165, 1.54) is 7.11 Å². The Labute approximate surface area is 76.8 Å². The fraction of sp³-hybridized carbons (Fsp3) is 0.200. The largest absolute Gasteiger partial charge is 0.468 e. The lowest BCUT2D eigenvalue weighted by atomic mass is 10.3. The van der Waals surface area contributed by atoms with E-state index in [1.54, 1.807) is 12.3 Å². The van der Waals surface area contributed by atoms with Gasteiger partial charge in [-0.25, -0.2) is 4.98 Å². The van der Waals surface area contributed by atoms with Crippen LogP contribution in [0, 0.1) is 11.8 Å². The number of pyridine rings is 1. The summed E-state index contributed by atoms with van der Waals surface area (Å²) in [7, 11) is 1.34. The second-order valence-electron chi connectivity index (χ2n) is 2.27. The number of carbonyl (C=O) groups is 1. The van der Waals surface area contributed by atoms with Crippen molar-refractivity contribution in [3.63, 3.8) is 0 Å². The third-order valence-corrected chi connectivity index (χ3v) is 1.34. The van der Waals surface area contributed by atoms with Gasteiger partial charge in [-0.1, -0.05) is 12.0 Å². The molecule has 0 unspecified atom stereocenters. The van der Waals surface area contributed by atoms with Crippen molar-refractivity contribution < 1.29 is 9.53 Å². The fourth-order valence-corrected chi connectivity index (χ4v) is 0.716. The summed E-state index contributed by atoms with van der Waals surface area (Å²) in [6, 6.07) is 5.44. The summed E-state index contributed by atoms with van der Waals surface area (Å²) >= 11 is 0. The van der Waals surface area contributed by atoms with E-state index in [0.717, 1.165) is 0 Å². The molecule has 0 aliphatic heterocycles. The third kappa shape index (κ3) is 3.39. The number of ether oxygens (including phenoxy) is 1. The number of rotatable bonds is 1. The van der Waals surface area contributed by atoms with Crippen LogP contribution in [0.25, 0.3) is 0 Å². The van der Waals surface area contributed by atoms with Gasteiger partial charge in [0.05, 0.1) is 7.11 Å². The van der Waals surface area contributed by atoms with E-state index in [4.69, 9.17) is 0 Å². The van der Waals surface area contributed by atoms with E-state index in [9.17, 15) is 4.79 Å². The van der Waals surface area contributed by atoms with Crippen LogP contribution in [0.2, 0.25) is 0 Å². The van der Waals surface area contributed by atoms with Crippen molar-refractivity contribution >= 4 is 5.97 Å². The Hall–Kier alpha value is -1.82. The lowest BCUT2D eigenvalue weighted by molar-refractivity contribution is -0.139. The standard InChI is InChI=1S/C10H9NO2/c1-13-10(12)7-4-6-9-5-2-3-8-11-9/h2-3,5,8H,7H2,1H3. The molecule has 0 saturated heterocycles. The van der Waals surface area contributed by atoms with Crippen molar-refractivity contribution in [2.75, 3.05) is 7.11 Å². The number of carbonyl (C=O) groups excluding carboxylic acids is 1. The van der Waals surface area contributed by atoms with Crippen LogP contribution in [0.5, 0.6) is 0 Å². The second-order valence-corrected chi connectivity index (χ2v) is 2.27. The summed E-state index contributed by atoms with van der Waals surface area (Å²) in [5, 5.41) is 0. The van der Waals surface area contributed by atoms with E-state index in [1.807, 2.05) is 12.1 Å². The Kier molecular flexibility index (Phi) is 3.52. The molecule has 0 fully saturated rings. The topological polar surface area (TPSA) is 39.2 Å². The van der Waals surface area contributed by atoms with Gasteiger partial charge in [0.2, 0.25) is 0 Å². The van der Waals surface area contributed by atoms with E-state index >= 15 is 0 Å². The molecule has 0 bridgehead atoms. The molecule has 0 atom stereocenters. The zero-order valence-corrected chi connectivity index (χ0v) is 7.28. The molecule has 13 heavy (non-hydrogen) atoms. The number of aromatic nitrogens is 1. The molecule has 3 nitrogen and oxygen atoms in total. The van der Waals surface area contributed by atoms with Crippen molar-refractivity contribution in [3.05, 3.63) is 30.1 Å². The van der Waals surface area contributed by atoms with Crippen molar-refractivity contribution in [1.82, 2.24) is 4.98 Å². The van der Waals surface area contributed by atoms with Crippen LogP contribution in [0.1, 0.15) is 12.1 Å². The van der Waals surface area contributed by atoms with Gasteiger partial charge in [-0.2, -0.15) is 0 Å². The monoisotopic (exact) mass is 175 g/mol. The minimum absolute atomic E-state index is 0.104. The Bertz CT molecular complexity index is 335. The van der Waals surface area contributed by atoms with E-state index < -0.39 is 0 Å². The van der Waals surface area contributed by atoms with Gasteiger partial charge in [0.25, 0.3) is 0 Å². The molecule has 0 saturated carbocycles. The maximum atomic E-state index is 10.7. The number of methoxy groups -OCH3 is 1. The normalized spacial score (nSPS) is 8.38. The van der Waals surface area contributed by atoms with Gasteiger partial charge in [-0.3, -0.25) is 4.79 Å². The fourth-order valence-electron chi connectivity index (χ4n) is 0.716. The second kappa shape index (κ2) is 4.94. The Morgan fingerprint density at radius 3 is 3.08 bits per heavy atom. The predicted octanol–water partition coefficient (Wildman–Crippen LogP) is 0.996. The quantitative estimate of drug-likeness (QED) is 0.472. The van der Waals surface area contributed by atoms with E-state index in [2.05, 4.69) is 21.6 Å². The molecule has 66 valence electrons. The van der Waals surface area contributed by atoms with Crippen molar-refractivity contribution in [3.8, 4) is 11.8 Å². The highest BCUT2D eigenvalue weighted by Gasteiger charge is 1.93. The number of esters is 1. The minimum Gasteiger partial charge on any atom is -0.468 e. The van der Waals surface area contributed by atoms with Crippen LogP contribution < -0.4 is 0 Å². The molecule has 0 aliphatic carbocycles. The van der Waals surface area contributed by atoms with Crippen molar-refractivity contribution in [2.24, 2.45) is 0 Å². The van der Waals surface area contributed by atoms with Gasteiger partial charge < -0.3 is 4.74 Å². The lowest BCUT2D eigenvalue weighted by Gasteiger charge is -1.89. The molecule has 0 aliphatic rings. The highest BCUT2D eigenvalue weighted by molar-refractivity contribution is 5.72. The Morgan fingerprint density at radius 2 is 2.46 bits per heavy atom. The zero-order valence-electron chi connectivity index (χ0n) is 7.28. The predicted molar refractivity (Wildman–Crippen MR) is 47.7 cm³/mol. The summed E-state index contributed by atoms with van der Waals surface area (Å²) in [4.78, 5) is 14.6. The molecule has 1 heterocycles. The zero-order chi connectivity index (χ0) is 9.52. The van der Waals surface area contributed by atoms with Gasteiger partial charge in [0.1, 0.15) is 12.1 Å². The first-order chi connectivity index (χ1) is 6.33. The van der Waals surface area contributed by atoms with Crippen LogP contribution in [0.15, 0.2) is 24.4 Å². The first kappa shape index (κ1) is 9.27. The molecule has 1 aromatic rings. The number of nitrogens with zero attached hydrogens (tertiary/aromatic N) is 1. The molecule has 0 amide bonds. The molecule has 1 rings (SSSR count). The Balaban J connectivity index is 2.54. The van der Waals surface area contributed by atoms with Crippen molar-refractivity contribution in [1.29, 1.82) is 0 Å². The van der Waals surface area contributed by atoms with E-state index in [-0.39, 0.29) is 12.4 Å². The van der Waals surface area contributed by atoms with Crippen LogP contribution >= 0.6 is 0 Å². The average Bonchev–Trinajstić information content (AvgIpc) is 2.19. The molecule has 0 spiro atoms. The Morgan fingerprint density at radius 1 is 1.62 bits per heavy atom. The number of hydrogen-bond donors (Lipinski definition) is 0. The van der Waals surface area contributed by atoms with Gasteiger partial charge in [-0.05, 0) is 18.1 Å². The molecule has 1 aromatic heterocycles. The maximum Gasteiger partial charge on any atom is 0.317 e. The first-order valence-corrected chi connectivity index (χ1v) is 3.79. The highest BCUT2D eigenvalue weighted by Crippen LogP contribution is 1.90. The maximum absolute atomic E-state index is 10.7. The minimum atomic E-state index is -0.330. The van der Waals surface area contributed by atoms with Crippen molar-refractivity contribution in [2.45, 2.75) is 6.42 Å². The third-order valence-electron chi connectivity index (χ3n) is 1.34. The van der Waals surface area contributed by atoms with Gasteiger partial charge in [0.15, 0.2) is 0 Å². The van der Waals surface area contributed by atoms with Crippen LogP contribution in [-0.2, 0) is 9.53 Å². The molecular weight excluding hydrogens is 166 g/mol. The first-order valence-electron chi connectivity index (χ1n) is 3.79. The summed E-state index contributed by atoms with van der Waals surface area (Å²) in [6.07, 6.45) is 1.76. The summed E-state index contributed by atoms with van der Waals surface area (Å²) in [6.45, 7) is 0. The molecular formula is C10H9NO2. The highest BCUT2D eigenvalue weighted by atomic mass is 16.5. The number of hydrogen-bond acceptors (Lipinski definition) is 3. The van der Waals surface area contributed by atoms with Gasteiger partial charge in [0, 0.05) is 6.20 Å². The molecule has 0 radical (unpaired) electrons. The van der Waals surface area contributed by atoms with Crippen LogP contribution in [-0.4, -0.2) is 18.1 Å². The SMILES string of the molecule is COC(=O)CC#Cc1ccccn1. The van der Waals surface area contributed by atoms with E-state index in [0.29, 0.717) is 5.69 Å². The molecule has 3 heteroatoms. The van der Waals surface area contributed by atoms with Crippen LogP contribution in [0.4, 0.5) is 0 Å². The summed E-state index contributed by atoms with van der Waals surface area (Å²) in [5.41, 5.74) is 0.659. The smallest absolute Gasteiger partial charge is 0.317 e. The van der Waals surface area contributed by atoms with Gasteiger partial charge in [-0.15, -0.1) is 0 Å².